The van der Waals surface area contributed by atoms with Crippen LogP contribution in [0.2, 0.25) is 5.02 Å². The predicted octanol–water partition coefficient (Wildman–Crippen LogP) is 3.33. The molecule has 0 amide bonds. The molecule has 24 heavy (non-hydrogen) atoms. The minimum absolute atomic E-state index is 0.0496. The molecule has 2 aromatic rings. The molecular weight excluding hydrogens is 354 g/mol. The van der Waals surface area contributed by atoms with Gasteiger partial charge in [-0.15, -0.1) is 0 Å². The summed E-state index contributed by atoms with van der Waals surface area (Å²) in [6, 6.07) is 10.1. The fraction of sp³-hybridized carbons (Fsp3) is 0.125. The molecule has 1 heterocycles. The van der Waals surface area contributed by atoms with E-state index in [1.165, 1.54) is 43.3 Å². The summed E-state index contributed by atoms with van der Waals surface area (Å²) in [5.74, 6) is 0.0235. The molecule has 8 heteroatoms. The number of ether oxygens (including phenoxy) is 1. The standard InChI is InChI=1S/C16H12ClNO5S/c1-11(19)22-10-14-5-4-13(23-14)8-16(9-18)24(20,21)15-6-2-12(17)3-7-15/h2-8H,10H2,1H3/b16-8+. The van der Waals surface area contributed by atoms with Crippen molar-refractivity contribution in [2.45, 2.75) is 18.4 Å². The number of halogens is 1. The van der Waals surface area contributed by atoms with Crippen LogP contribution in [0.1, 0.15) is 18.4 Å². The normalized spacial score (nSPS) is 11.8. The van der Waals surface area contributed by atoms with Crippen LogP contribution in [-0.4, -0.2) is 14.4 Å². The largest absolute Gasteiger partial charge is 0.458 e. The summed E-state index contributed by atoms with van der Waals surface area (Å²) in [5.41, 5.74) is 0. The van der Waals surface area contributed by atoms with Gasteiger partial charge in [-0.1, -0.05) is 11.6 Å². The Kier molecular flexibility index (Phi) is 5.44. The molecule has 2 rings (SSSR count). The molecule has 0 spiro atoms. The molecule has 0 unspecified atom stereocenters. The highest BCUT2D eigenvalue weighted by atomic mass is 35.5. The summed E-state index contributed by atoms with van der Waals surface area (Å²) in [5, 5.41) is 9.57. The van der Waals surface area contributed by atoms with Crippen molar-refractivity contribution in [3.8, 4) is 6.07 Å². The lowest BCUT2D eigenvalue weighted by molar-refractivity contribution is -0.142. The van der Waals surface area contributed by atoms with E-state index in [9.17, 15) is 18.5 Å². The van der Waals surface area contributed by atoms with Crippen LogP contribution in [0.25, 0.3) is 6.08 Å². The second kappa shape index (κ2) is 7.34. The van der Waals surface area contributed by atoms with Crippen LogP contribution in [-0.2, 0) is 26.0 Å². The Morgan fingerprint density at radius 1 is 1.29 bits per heavy atom. The minimum atomic E-state index is -3.99. The molecule has 1 aromatic heterocycles. The molecule has 0 saturated carbocycles. The third kappa shape index (κ3) is 4.25. The molecule has 0 fully saturated rings. The van der Waals surface area contributed by atoms with Crippen molar-refractivity contribution in [1.82, 2.24) is 0 Å². The van der Waals surface area contributed by atoms with Crippen molar-refractivity contribution < 1.29 is 22.4 Å². The van der Waals surface area contributed by atoms with Gasteiger partial charge in [0.15, 0.2) is 4.91 Å². The van der Waals surface area contributed by atoms with Crippen LogP contribution in [0.15, 0.2) is 50.6 Å². The van der Waals surface area contributed by atoms with Crippen molar-refractivity contribution >= 4 is 33.5 Å². The highest BCUT2D eigenvalue weighted by Gasteiger charge is 2.21. The van der Waals surface area contributed by atoms with E-state index >= 15 is 0 Å². The number of hydrogen-bond donors (Lipinski definition) is 0. The van der Waals surface area contributed by atoms with Gasteiger partial charge in [-0.2, -0.15) is 5.26 Å². The van der Waals surface area contributed by atoms with E-state index in [-0.39, 0.29) is 17.3 Å². The van der Waals surface area contributed by atoms with Gasteiger partial charge in [-0.05, 0) is 36.4 Å². The van der Waals surface area contributed by atoms with E-state index in [0.29, 0.717) is 10.8 Å². The number of carbonyl (C=O) groups excluding carboxylic acids is 1. The number of rotatable bonds is 5. The van der Waals surface area contributed by atoms with E-state index < -0.39 is 20.7 Å². The van der Waals surface area contributed by atoms with E-state index in [2.05, 4.69) is 0 Å². The van der Waals surface area contributed by atoms with E-state index in [4.69, 9.17) is 20.8 Å². The molecule has 0 aliphatic rings. The summed E-state index contributed by atoms with van der Waals surface area (Å²) in [4.78, 5) is 10.2. The summed E-state index contributed by atoms with van der Waals surface area (Å²) >= 11 is 5.73. The average molecular weight is 366 g/mol. The molecule has 0 bridgehead atoms. The SMILES string of the molecule is CC(=O)OCc1ccc(/C=C(\C#N)S(=O)(=O)c2ccc(Cl)cc2)o1. The maximum Gasteiger partial charge on any atom is 0.303 e. The Morgan fingerprint density at radius 3 is 2.54 bits per heavy atom. The second-order valence-corrected chi connectivity index (χ2v) is 7.02. The van der Waals surface area contributed by atoms with Gasteiger partial charge < -0.3 is 9.15 Å². The second-order valence-electron chi connectivity index (χ2n) is 4.66. The molecule has 0 aliphatic heterocycles. The van der Waals surface area contributed by atoms with E-state index in [0.717, 1.165) is 6.08 Å². The maximum atomic E-state index is 12.5. The number of furan rings is 1. The number of benzene rings is 1. The molecule has 124 valence electrons. The van der Waals surface area contributed by atoms with Crippen molar-refractivity contribution in [2.75, 3.05) is 0 Å². The number of nitriles is 1. The Bertz CT molecular complexity index is 920. The third-order valence-corrected chi connectivity index (χ3v) is 4.83. The fourth-order valence-corrected chi connectivity index (χ4v) is 3.03. The zero-order valence-corrected chi connectivity index (χ0v) is 14.1. The van der Waals surface area contributed by atoms with Crippen molar-refractivity contribution in [1.29, 1.82) is 5.26 Å². The van der Waals surface area contributed by atoms with E-state index in [1.54, 1.807) is 6.07 Å². The molecule has 0 aliphatic carbocycles. The van der Waals surface area contributed by atoms with Gasteiger partial charge in [0, 0.05) is 18.0 Å². The number of sulfone groups is 1. The lowest BCUT2D eigenvalue weighted by Gasteiger charge is -2.02. The first kappa shape index (κ1) is 17.8. The lowest BCUT2D eigenvalue weighted by Crippen LogP contribution is -2.03. The minimum Gasteiger partial charge on any atom is -0.458 e. The molecule has 0 saturated heterocycles. The number of carbonyl (C=O) groups is 1. The van der Waals surface area contributed by atoms with Crippen LogP contribution >= 0.6 is 11.6 Å². The first-order chi connectivity index (χ1) is 11.3. The summed E-state index contributed by atoms with van der Waals surface area (Å²) in [6.07, 6.45) is 1.11. The Morgan fingerprint density at radius 2 is 1.96 bits per heavy atom. The molecule has 1 aromatic carbocycles. The quantitative estimate of drug-likeness (QED) is 0.595. The maximum absolute atomic E-state index is 12.5. The summed E-state index contributed by atoms with van der Waals surface area (Å²) in [6.45, 7) is 1.19. The van der Waals surface area contributed by atoms with Gasteiger partial charge in [0.05, 0.1) is 4.90 Å². The van der Waals surface area contributed by atoms with Crippen LogP contribution in [0.4, 0.5) is 0 Å². The van der Waals surface area contributed by atoms with E-state index in [1.807, 2.05) is 0 Å². The van der Waals surface area contributed by atoms with Gasteiger partial charge >= 0.3 is 5.97 Å². The Hall–Kier alpha value is -2.56. The van der Waals surface area contributed by atoms with Gasteiger partial charge in [0.2, 0.25) is 9.84 Å². The lowest BCUT2D eigenvalue weighted by atomic mass is 10.4. The molecule has 6 nitrogen and oxygen atoms in total. The average Bonchev–Trinajstić information content (AvgIpc) is 2.98. The number of hydrogen-bond acceptors (Lipinski definition) is 6. The number of esters is 1. The Balaban J connectivity index is 2.30. The third-order valence-electron chi connectivity index (χ3n) is 2.90. The highest BCUT2D eigenvalue weighted by molar-refractivity contribution is 7.95. The molecule has 0 N–H and O–H groups in total. The molecule has 0 atom stereocenters. The first-order valence-corrected chi connectivity index (χ1v) is 8.53. The predicted molar refractivity (Wildman–Crippen MR) is 86.4 cm³/mol. The van der Waals surface area contributed by atoms with Gasteiger partial charge in [0.1, 0.15) is 24.2 Å². The van der Waals surface area contributed by atoms with Crippen LogP contribution in [0.5, 0.6) is 0 Å². The Labute approximate surface area is 143 Å². The smallest absolute Gasteiger partial charge is 0.303 e. The van der Waals surface area contributed by atoms with Gasteiger partial charge in [0.25, 0.3) is 0 Å². The van der Waals surface area contributed by atoms with Gasteiger partial charge in [-0.3, -0.25) is 4.79 Å². The van der Waals surface area contributed by atoms with Crippen LogP contribution in [0, 0.1) is 11.3 Å². The molecule has 0 radical (unpaired) electrons. The zero-order chi connectivity index (χ0) is 17.7. The van der Waals surface area contributed by atoms with Crippen molar-refractivity contribution in [3.63, 3.8) is 0 Å². The monoisotopic (exact) mass is 365 g/mol. The summed E-state index contributed by atoms with van der Waals surface area (Å²) < 4.78 is 35.0. The van der Waals surface area contributed by atoms with Gasteiger partial charge in [-0.25, -0.2) is 8.42 Å². The first-order valence-electron chi connectivity index (χ1n) is 6.67. The van der Waals surface area contributed by atoms with Crippen LogP contribution < -0.4 is 0 Å². The highest BCUT2D eigenvalue weighted by Crippen LogP contribution is 2.23. The van der Waals surface area contributed by atoms with Crippen LogP contribution in [0.3, 0.4) is 0 Å². The fourth-order valence-electron chi connectivity index (χ4n) is 1.76. The number of allylic oxidation sites excluding steroid dienone is 1. The number of nitrogens with zero attached hydrogens (tertiary/aromatic N) is 1. The van der Waals surface area contributed by atoms with Crippen molar-refractivity contribution in [2.24, 2.45) is 0 Å². The zero-order valence-electron chi connectivity index (χ0n) is 12.5. The molecular formula is C16H12ClNO5S. The van der Waals surface area contributed by atoms with Crippen molar-refractivity contribution in [3.05, 3.63) is 57.8 Å². The summed E-state index contributed by atoms with van der Waals surface area (Å²) in [7, 11) is -3.99. The topological polar surface area (TPSA) is 97.4 Å².